The molecule has 3 aromatic rings. The van der Waals surface area contributed by atoms with Crippen molar-refractivity contribution in [2.75, 3.05) is 19.8 Å². The number of ether oxygens (including phenoxy) is 2. The minimum absolute atomic E-state index is 0.0612. The fourth-order valence-corrected chi connectivity index (χ4v) is 2.99. The first-order chi connectivity index (χ1) is 15.2. The fourth-order valence-electron chi connectivity index (χ4n) is 2.99. The lowest BCUT2D eigenvalue weighted by Crippen LogP contribution is -2.07. The van der Waals surface area contributed by atoms with Gasteiger partial charge in [0.25, 0.3) is 0 Å². The van der Waals surface area contributed by atoms with Gasteiger partial charge in [0, 0.05) is 23.3 Å². The summed E-state index contributed by atoms with van der Waals surface area (Å²) in [7, 11) is 0. The lowest BCUT2D eigenvalue weighted by Gasteiger charge is -2.08. The Morgan fingerprint density at radius 3 is 1.84 bits per heavy atom. The van der Waals surface area contributed by atoms with E-state index in [9.17, 15) is 4.79 Å². The SMILES string of the molecule is CCCCOCCOc1ccc(-c2ccc(C#Cc3ccc(C(C)=O)cc3)cc2)cc1. The van der Waals surface area contributed by atoms with Gasteiger partial charge in [0.15, 0.2) is 5.78 Å². The van der Waals surface area contributed by atoms with E-state index in [0.717, 1.165) is 47.5 Å². The maximum atomic E-state index is 11.3. The monoisotopic (exact) mass is 412 g/mol. The average Bonchev–Trinajstić information content (AvgIpc) is 2.81. The third-order valence-corrected chi connectivity index (χ3v) is 4.85. The Morgan fingerprint density at radius 1 is 0.742 bits per heavy atom. The van der Waals surface area contributed by atoms with Crippen molar-refractivity contribution >= 4 is 5.78 Å². The van der Waals surface area contributed by atoms with Gasteiger partial charge in [-0.05, 0) is 60.9 Å². The van der Waals surface area contributed by atoms with Gasteiger partial charge in [-0.2, -0.15) is 0 Å². The third-order valence-electron chi connectivity index (χ3n) is 4.85. The first kappa shape index (κ1) is 22.3. The molecule has 158 valence electrons. The van der Waals surface area contributed by atoms with Crippen LogP contribution in [0.5, 0.6) is 5.75 Å². The van der Waals surface area contributed by atoms with E-state index in [2.05, 4.69) is 43.0 Å². The van der Waals surface area contributed by atoms with Crippen molar-refractivity contribution in [1.82, 2.24) is 0 Å². The van der Waals surface area contributed by atoms with Crippen LogP contribution in [-0.4, -0.2) is 25.6 Å². The summed E-state index contributed by atoms with van der Waals surface area (Å²) < 4.78 is 11.2. The zero-order valence-corrected chi connectivity index (χ0v) is 18.2. The van der Waals surface area contributed by atoms with Gasteiger partial charge in [-0.1, -0.05) is 61.6 Å². The molecule has 0 saturated heterocycles. The van der Waals surface area contributed by atoms with E-state index in [0.29, 0.717) is 18.8 Å². The van der Waals surface area contributed by atoms with E-state index >= 15 is 0 Å². The van der Waals surface area contributed by atoms with Crippen LogP contribution in [0.3, 0.4) is 0 Å². The molecule has 3 aromatic carbocycles. The summed E-state index contributed by atoms with van der Waals surface area (Å²) in [6.45, 7) is 5.69. The summed E-state index contributed by atoms with van der Waals surface area (Å²) in [4.78, 5) is 11.3. The highest BCUT2D eigenvalue weighted by Gasteiger charge is 2.00. The Kier molecular flexibility index (Phi) is 8.46. The zero-order valence-electron chi connectivity index (χ0n) is 18.2. The molecule has 0 N–H and O–H groups in total. The van der Waals surface area contributed by atoms with Gasteiger partial charge >= 0.3 is 0 Å². The first-order valence-corrected chi connectivity index (χ1v) is 10.7. The number of hydrogen-bond acceptors (Lipinski definition) is 3. The fraction of sp³-hybridized carbons (Fsp3) is 0.250. The van der Waals surface area contributed by atoms with Gasteiger partial charge in [-0.3, -0.25) is 4.79 Å². The number of carbonyl (C=O) groups is 1. The van der Waals surface area contributed by atoms with Gasteiger partial charge in [0.1, 0.15) is 12.4 Å². The number of Topliss-reactive ketones (excluding diaryl/α,β-unsaturated/α-hetero) is 1. The molecule has 0 fully saturated rings. The standard InChI is InChI=1S/C28H28O3/c1-3-4-19-30-20-21-31-28-17-15-27(16-18-28)26-13-9-24(10-14-26)6-5-23-7-11-25(12-8-23)22(2)29/h7-18H,3-4,19-21H2,1-2H3. The molecule has 0 aromatic heterocycles. The Morgan fingerprint density at radius 2 is 1.29 bits per heavy atom. The predicted molar refractivity (Wildman–Crippen MR) is 126 cm³/mol. The molecule has 0 bridgehead atoms. The van der Waals surface area contributed by atoms with Gasteiger partial charge in [-0.25, -0.2) is 0 Å². The molecule has 0 radical (unpaired) electrons. The Bertz CT molecular complexity index is 1020. The van der Waals surface area contributed by atoms with E-state index in [1.807, 2.05) is 48.5 Å². The van der Waals surface area contributed by atoms with Gasteiger partial charge in [0.2, 0.25) is 0 Å². The van der Waals surface area contributed by atoms with Crippen LogP contribution in [0.25, 0.3) is 11.1 Å². The van der Waals surface area contributed by atoms with Crippen molar-refractivity contribution in [3.63, 3.8) is 0 Å². The molecule has 0 unspecified atom stereocenters. The van der Waals surface area contributed by atoms with Crippen molar-refractivity contribution in [2.45, 2.75) is 26.7 Å². The van der Waals surface area contributed by atoms with Crippen LogP contribution in [-0.2, 0) is 4.74 Å². The van der Waals surface area contributed by atoms with Gasteiger partial charge < -0.3 is 9.47 Å². The Balaban J connectivity index is 1.54. The molecule has 0 heterocycles. The second-order valence-electron chi connectivity index (χ2n) is 7.30. The van der Waals surface area contributed by atoms with E-state index in [-0.39, 0.29) is 5.78 Å². The summed E-state index contributed by atoms with van der Waals surface area (Å²) in [5, 5.41) is 0. The molecular weight excluding hydrogens is 384 g/mol. The molecule has 0 aliphatic carbocycles. The summed E-state index contributed by atoms with van der Waals surface area (Å²) in [5.74, 6) is 7.22. The maximum absolute atomic E-state index is 11.3. The average molecular weight is 413 g/mol. The van der Waals surface area contributed by atoms with Crippen LogP contribution in [0.1, 0.15) is 48.2 Å². The smallest absolute Gasteiger partial charge is 0.159 e. The van der Waals surface area contributed by atoms with Crippen molar-refractivity contribution in [3.8, 4) is 28.7 Å². The van der Waals surface area contributed by atoms with Crippen LogP contribution in [0.2, 0.25) is 0 Å². The van der Waals surface area contributed by atoms with Crippen molar-refractivity contribution < 1.29 is 14.3 Å². The van der Waals surface area contributed by atoms with Crippen LogP contribution < -0.4 is 4.74 Å². The number of rotatable bonds is 9. The lowest BCUT2D eigenvalue weighted by molar-refractivity contribution is 0.0980. The molecule has 0 amide bonds. The zero-order chi connectivity index (χ0) is 21.9. The molecule has 3 nitrogen and oxygen atoms in total. The second-order valence-corrected chi connectivity index (χ2v) is 7.30. The number of unbranched alkanes of at least 4 members (excludes halogenated alkanes) is 1. The summed E-state index contributed by atoms with van der Waals surface area (Å²) in [6, 6.07) is 23.6. The lowest BCUT2D eigenvalue weighted by atomic mass is 10.0. The number of carbonyl (C=O) groups excluding carboxylic acids is 1. The summed E-state index contributed by atoms with van der Waals surface area (Å²) in [5.41, 5.74) is 4.80. The van der Waals surface area contributed by atoms with Crippen molar-refractivity contribution in [2.24, 2.45) is 0 Å². The topological polar surface area (TPSA) is 35.5 Å². The number of benzene rings is 3. The highest BCUT2D eigenvalue weighted by Crippen LogP contribution is 2.22. The van der Waals surface area contributed by atoms with Crippen LogP contribution in [0, 0.1) is 11.8 Å². The number of ketones is 1. The first-order valence-electron chi connectivity index (χ1n) is 10.7. The minimum Gasteiger partial charge on any atom is -0.491 e. The van der Waals surface area contributed by atoms with Crippen LogP contribution in [0.15, 0.2) is 72.8 Å². The largest absolute Gasteiger partial charge is 0.491 e. The van der Waals surface area contributed by atoms with Gasteiger partial charge in [0.05, 0.1) is 6.61 Å². The maximum Gasteiger partial charge on any atom is 0.159 e. The Hall–Kier alpha value is -3.35. The van der Waals surface area contributed by atoms with Crippen LogP contribution in [0.4, 0.5) is 0 Å². The van der Waals surface area contributed by atoms with Gasteiger partial charge in [-0.15, -0.1) is 0 Å². The van der Waals surface area contributed by atoms with E-state index < -0.39 is 0 Å². The highest BCUT2D eigenvalue weighted by atomic mass is 16.5. The molecule has 3 heteroatoms. The highest BCUT2D eigenvalue weighted by molar-refractivity contribution is 5.94. The summed E-state index contributed by atoms with van der Waals surface area (Å²) in [6.07, 6.45) is 2.24. The van der Waals surface area contributed by atoms with Crippen molar-refractivity contribution in [1.29, 1.82) is 0 Å². The predicted octanol–water partition coefficient (Wildman–Crippen LogP) is 6.15. The van der Waals surface area contributed by atoms with Crippen molar-refractivity contribution in [3.05, 3.63) is 89.5 Å². The molecule has 0 spiro atoms. The third kappa shape index (κ3) is 7.13. The Labute approximate surface area is 185 Å². The molecule has 31 heavy (non-hydrogen) atoms. The number of hydrogen-bond donors (Lipinski definition) is 0. The van der Waals surface area contributed by atoms with Crippen LogP contribution >= 0.6 is 0 Å². The van der Waals surface area contributed by atoms with E-state index in [1.54, 1.807) is 6.92 Å². The molecule has 0 saturated carbocycles. The second kappa shape index (κ2) is 11.7. The molecular formula is C28H28O3. The quantitative estimate of drug-likeness (QED) is 0.240. The molecule has 0 aliphatic rings. The van der Waals surface area contributed by atoms with E-state index in [1.165, 1.54) is 0 Å². The normalized spacial score (nSPS) is 10.3. The summed E-state index contributed by atoms with van der Waals surface area (Å²) >= 11 is 0. The molecule has 3 rings (SSSR count). The minimum atomic E-state index is 0.0612. The molecule has 0 atom stereocenters. The van der Waals surface area contributed by atoms with E-state index in [4.69, 9.17) is 9.47 Å². The molecule has 0 aliphatic heterocycles.